The van der Waals surface area contributed by atoms with Crippen molar-refractivity contribution in [1.29, 1.82) is 0 Å². The number of rotatable bonds is 13. The van der Waals surface area contributed by atoms with E-state index in [1.807, 2.05) is 12.1 Å². The first-order valence-corrected chi connectivity index (χ1v) is 20.3. The maximum atomic E-state index is 14.0. The third kappa shape index (κ3) is 10.7. The number of hydrogen-bond donors (Lipinski definition) is 6. The fraction of sp³-hybridized carbons (Fsp3) is 0.256. The van der Waals surface area contributed by atoms with E-state index in [9.17, 15) is 38.4 Å². The molecule has 0 radical (unpaired) electrons. The van der Waals surface area contributed by atoms with Crippen molar-refractivity contribution in [2.45, 2.75) is 42.3 Å². The van der Waals surface area contributed by atoms with Crippen molar-refractivity contribution in [1.82, 2.24) is 31.1 Å². The van der Waals surface area contributed by atoms with Crippen molar-refractivity contribution in [3.63, 3.8) is 0 Å². The maximum absolute atomic E-state index is 14.0. The van der Waals surface area contributed by atoms with Gasteiger partial charge >= 0.3 is 5.97 Å². The minimum atomic E-state index is -1.28. The van der Waals surface area contributed by atoms with E-state index >= 15 is 0 Å². The number of halogens is 1. The minimum Gasteiger partial charge on any atom is -0.481 e. The van der Waals surface area contributed by atoms with Gasteiger partial charge in [-0.15, -0.1) is 0 Å². The molecule has 19 heteroatoms. The van der Waals surface area contributed by atoms with Gasteiger partial charge in [-0.3, -0.25) is 38.4 Å². The van der Waals surface area contributed by atoms with E-state index in [1.165, 1.54) is 19.0 Å². The Morgan fingerprint density at radius 2 is 1.56 bits per heavy atom. The van der Waals surface area contributed by atoms with Gasteiger partial charge in [0.15, 0.2) is 0 Å². The Morgan fingerprint density at radius 1 is 0.887 bits per heavy atom. The van der Waals surface area contributed by atoms with Crippen LogP contribution in [0.15, 0.2) is 89.8 Å². The number of carboxylic acid groups (broad SMARTS) is 1. The number of likely N-dealkylation sites (N-methyl/N-ethyl adjacent to an activating group) is 2. The van der Waals surface area contributed by atoms with Gasteiger partial charge in [0.05, 0.1) is 36.6 Å². The highest BCUT2D eigenvalue weighted by molar-refractivity contribution is 7.95. The average Bonchev–Trinajstić information content (AvgIpc) is 3.25. The molecular formula is C43H42ClN7O10S. The Hall–Kier alpha value is -6.92. The summed E-state index contributed by atoms with van der Waals surface area (Å²) in [7, 11) is 2.66. The number of nitrogens with zero attached hydrogens (tertiary/aromatic N) is 2. The van der Waals surface area contributed by atoms with Crippen LogP contribution in [0.5, 0.6) is 5.75 Å². The van der Waals surface area contributed by atoms with Gasteiger partial charge in [0.25, 0.3) is 5.91 Å². The van der Waals surface area contributed by atoms with Gasteiger partial charge in [0.1, 0.15) is 23.9 Å². The first-order valence-electron chi connectivity index (χ1n) is 19.2. The zero-order valence-electron chi connectivity index (χ0n) is 33.4. The molecule has 4 aromatic rings. The molecule has 0 spiro atoms. The first kappa shape index (κ1) is 44.6. The largest absolute Gasteiger partial charge is 0.481 e. The van der Waals surface area contributed by atoms with Crippen molar-refractivity contribution in [3.05, 3.63) is 107 Å². The van der Waals surface area contributed by atoms with Crippen molar-refractivity contribution in [2.75, 3.05) is 33.7 Å². The molecular weight excluding hydrogens is 842 g/mol. The number of aliphatic carboxylic acids is 1. The molecule has 17 nitrogen and oxygen atoms in total. The summed E-state index contributed by atoms with van der Waals surface area (Å²) < 4.78 is 5.92. The molecule has 0 aliphatic carbocycles. The quantitative estimate of drug-likeness (QED) is 0.107. The van der Waals surface area contributed by atoms with E-state index in [1.54, 1.807) is 72.8 Å². The number of carboxylic acids is 1. The Kier molecular flexibility index (Phi) is 14.1. The fourth-order valence-electron chi connectivity index (χ4n) is 6.94. The summed E-state index contributed by atoms with van der Waals surface area (Å²) in [6, 6.07) is 20.6. The number of nitrogens with two attached hydrogens (primary N) is 1. The first-order chi connectivity index (χ1) is 29.6. The lowest BCUT2D eigenvalue weighted by Gasteiger charge is -2.30. The zero-order chi connectivity index (χ0) is 44.7. The predicted octanol–water partition coefficient (Wildman–Crippen LogP) is 2.45. The van der Waals surface area contributed by atoms with Crippen LogP contribution in [0.4, 0.5) is 0 Å². The Morgan fingerprint density at radius 3 is 2.24 bits per heavy atom. The SMILES string of the molecule is CN(C(=O)CNC(=O)[C@@H]1Cc2ccc3c(c2)-c2cc(ccc2SO3)[C@H](N(C)C(=O)CNC(=O)c2ccc(-c3ccc(Cl)cc3)cc2)C(=O)NCC(=O)N1)C(CCC(=O)O)C(N)=O. The minimum absolute atomic E-state index is 0.0500. The highest BCUT2D eigenvalue weighted by Gasteiger charge is 2.33. The van der Waals surface area contributed by atoms with E-state index in [0.717, 1.165) is 28.1 Å². The second-order valence-electron chi connectivity index (χ2n) is 14.5. The number of benzene rings is 4. The van der Waals surface area contributed by atoms with Gasteiger partial charge in [0.2, 0.25) is 35.4 Å². The molecule has 0 saturated heterocycles. The van der Waals surface area contributed by atoms with E-state index in [-0.39, 0.29) is 12.8 Å². The molecule has 6 rings (SSSR count). The van der Waals surface area contributed by atoms with Crippen LogP contribution in [-0.4, -0.2) is 108 Å². The van der Waals surface area contributed by atoms with E-state index in [0.29, 0.717) is 43.5 Å². The molecule has 2 aliphatic rings. The molecule has 2 heterocycles. The monoisotopic (exact) mass is 883 g/mol. The molecule has 2 aliphatic heterocycles. The zero-order valence-corrected chi connectivity index (χ0v) is 35.0. The number of carbonyl (C=O) groups is 8. The predicted molar refractivity (Wildman–Crippen MR) is 227 cm³/mol. The number of fused-ring (bicyclic) bond motifs is 2. The third-order valence-electron chi connectivity index (χ3n) is 10.4. The van der Waals surface area contributed by atoms with Crippen LogP contribution in [0.25, 0.3) is 22.3 Å². The summed E-state index contributed by atoms with van der Waals surface area (Å²) in [5.41, 5.74) is 9.77. The van der Waals surface area contributed by atoms with E-state index in [4.69, 9.17) is 26.6 Å². The van der Waals surface area contributed by atoms with Gasteiger partial charge < -0.3 is 46.1 Å². The second-order valence-corrected chi connectivity index (χ2v) is 15.8. The van der Waals surface area contributed by atoms with Crippen LogP contribution in [0.1, 0.15) is 40.4 Å². The molecule has 4 bridgehead atoms. The van der Waals surface area contributed by atoms with Crippen molar-refractivity contribution in [2.24, 2.45) is 5.73 Å². The van der Waals surface area contributed by atoms with Crippen LogP contribution in [-0.2, 0) is 40.0 Å². The summed E-state index contributed by atoms with van der Waals surface area (Å²) in [6.45, 7) is -1.67. The van der Waals surface area contributed by atoms with Crippen molar-refractivity contribution in [3.8, 4) is 28.0 Å². The Balaban J connectivity index is 1.19. The highest BCUT2D eigenvalue weighted by Crippen LogP contribution is 2.45. The van der Waals surface area contributed by atoms with Crippen LogP contribution < -0.4 is 31.2 Å². The van der Waals surface area contributed by atoms with Crippen molar-refractivity contribution >= 4 is 71.0 Å². The number of nitrogens with one attached hydrogen (secondary N) is 4. The summed E-state index contributed by atoms with van der Waals surface area (Å²) in [5, 5.41) is 19.9. The lowest BCUT2D eigenvalue weighted by molar-refractivity contribution is -0.141. The Labute approximate surface area is 364 Å². The molecule has 0 saturated carbocycles. The van der Waals surface area contributed by atoms with Crippen molar-refractivity contribution < 1.29 is 47.6 Å². The number of amides is 7. The van der Waals surface area contributed by atoms with Crippen LogP contribution in [0.2, 0.25) is 5.02 Å². The van der Waals surface area contributed by atoms with Crippen LogP contribution in [0, 0.1) is 0 Å². The number of hydrogen-bond acceptors (Lipinski definition) is 10. The second kappa shape index (κ2) is 19.6. The Bertz CT molecular complexity index is 2430. The van der Waals surface area contributed by atoms with Gasteiger partial charge in [-0.1, -0.05) is 48.0 Å². The van der Waals surface area contributed by atoms with Gasteiger partial charge in [-0.05, 0) is 77.2 Å². The molecule has 62 heavy (non-hydrogen) atoms. The molecule has 0 fully saturated rings. The third-order valence-corrected chi connectivity index (χ3v) is 11.4. The molecule has 7 amide bonds. The average molecular weight is 884 g/mol. The smallest absolute Gasteiger partial charge is 0.303 e. The number of carbonyl (C=O) groups excluding carboxylic acids is 7. The topological polar surface area (TPSA) is 247 Å². The molecule has 4 aromatic carbocycles. The van der Waals surface area contributed by atoms with Gasteiger partial charge in [-0.2, -0.15) is 0 Å². The van der Waals surface area contributed by atoms with Gasteiger partial charge in [-0.25, -0.2) is 0 Å². The molecule has 7 N–H and O–H groups in total. The van der Waals surface area contributed by atoms with Gasteiger partial charge in [0, 0.05) is 48.6 Å². The van der Waals surface area contributed by atoms with E-state index < -0.39 is 91.5 Å². The molecule has 322 valence electrons. The summed E-state index contributed by atoms with van der Waals surface area (Å²) in [4.78, 5) is 107. The normalized spacial score (nSPS) is 16.0. The molecule has 1 unspecified atom stereocenters. The summed E-state index contributed by atoms with van der Waals surface area (Å²) in [6.07, 6.45) is -0.710. The number of primary amides is 1. The van der Waals surface area contributed by atoms with Crippen LogP contribution >= 0.6 is 23.6 Å². The molecule has 3 atom stereocenters. The van der Waals surface area contributed by atoms with Crippen LogP contribution in [0.3, 0.4) is 0 Å². The summed E-state index contributed by atoms with van der Waals surface area (Å²) >= 11 is 7.10. The standard InChI is InChI=1S/C43H42ClN7O10S/c1-50(32(40(45)57)13-16-38(55)56)36(53)21-48-42(59)31-18-23-3-14-33-29(17-23)30-19-27(10-15-34(30)62-61-33)39(43(60)46-20-35(52)49-31)51(2)37(54)22-47-41(58)26-6-4-24(5-7-26)25-8-11-28(44)12-9-25/h3-12,14-15,17,19,31-32,39H,13,16,18,20-22H2,1-2H3,(H2,45,57)(H,46,60)(H,47,58)(H,48,59)(H,49,52)(H,55,56)/t31-,32?,39-/m0/s1. The fourth-order valence-corrected chi connectivity index (χ4v) is 7.77. The van der Waals surface area contributed by atoms with E-state index in [2.05, 4.69) is 21.3 Å². The summed E-state index contributed by atoms with van der Waals surface area (Å²) in [5.74, 6) is -5.75. The lowest BCUT2D eigenvalue weighted by Crippen LogP contribution is -2.54. The lowest BCUT2D eigenvalue weighted by atomic mass is 9.94. The highest BCUT2D eigenvalue weighted by atomic mass is 35.5. The molecule has 0 aromatic heterocycles. The maximum Gasteiger partial charge on any atom is 0.303 e.